The van der Waals surface area contributed by atoms with Crippen molar-refractivity contribution in [2.45, 2.75) is 18.9 Å². The van der Waals surface area contributed by atoms with Crippen LogP contribution in [-0.2, 0) is 11.2 Å². The van der Waals surface area contributed by atoms with Gasteiger partial charge < -0.3 is 10.1 Å². The first-order valence-corrected chi connectivity index (χ1v) is 5.54. The molecule has 15 heavy (non-hydrogen) atoms. The lowest BCUT2D eigenvalue weighted by molar-refractivity contribution is 0.166. The van der Waals surface area contributed by atoms with Gasteiger partial charge in [-0.2, -0.15) is 0 Å². The fraction of sp³-hybridized carbons (Fsp3) is 0.500. The maximum atomic E-state index is 5.91. The number of benzene rings is 1. The van der Waals surface area contributed by atoms with Gasteiger partial charge in [-0.25, -0.2) is 0 Å². The van der Waals surface area contributed by atoms with Gasteiger partial charge in [-0.3, -0.25) is 0 Å². The van der Waals surface area contributed by atoms with Crippen LogP contribution in [0, 0.1) is 0 Å². The molecule has 0 aliphatic carbocycles. The van der Waals surface area contributed by atoms with Gasteiger partial charge in [0.1, 0.15) is 0 Å². The van der Waals surface area contributed by atoms with Crippen molar-refractivity contribution in [3.05, 3.63) is 34.9 Å². The fourth-order valence-electron chi connectivity index (χ4n) is 1.55. The number of aryl methyl sites for hydroxylation is 1. The molecule has 1 rings (SSSR count). The van der Waals surface area contributed by atoms with Crippen LogP contribution in [0.25, 0.3) is 0 Å². The third-order valence-electron chi connectivity index (χ3n) is 2.45. The van der Waals surface area contributed by atoms with Crippen LogP contribution >= 0.6 is 11.6 Å². The number of hydrogen-bond donors (Lipinski definition) is 1. The summed E-state index contributed by atoms with van der Waals surface area (Å²) >= 11 is 5.91. The van der Waals surface area contributed by atoms with E-state index >= 15 is 0 Å². The van der Waals surface area contributed by atoms with Gasteiger partial charge in [-0.1, -0.05) is 23.7 Å². The molecule has 0 fully saturated rings. The summed E-state index contributed by atoms with van der Waals surface area (Å²) in [6.07, 6.45) is 2.08. The molecule has 1 aromatic rings. The summed E-state index contributed by atoms with van der Waals surface area (Å²) in [6.45, 7) is 0.747. The third kappa shape index (κ3) is 4.65. The second-order valence-corrected chi connectivity index (χ2v) is 4.05. The van der Waals surface area contributed by atoms with E-state index < -0.39 is 0 Å². The lowest BCUT2D eigenvalue weighted by Gasteiger charge is -2.14. The quantitative estimate of drug-likeness (QED) is 0.807. The predicted molar refractivity (Wildman–Crippen MR) is 64.5 cm³/mol. The summed E-state index contributed by atoms with van der Waals surface area (Å²) < 4.78 is 5.12. The Morgan fingerprint density at radius 2 is 2.27 bits per heavy atom. The average Bonchev–Trinajstić information content (AvgIpc) is 2.24. The largest absolute Gasteiger partial charge is 0.383 e. The number of nitrogens with one attached hydrogen (secondary N) is 1. The van der Waals surface area contributed by atoms with Crippen LogP contribution in [0.4, 0.5) is 0 Å². The molecular weight excluding hydrogens is 210 g/mol. The Morgan fingerprint density at radius 1 is 1.47 bits per heavy atom. The van der Waals surface area contributed by atoms with E-state index in [-0.39, 0.29) is 0 Å². The maximum absolute atomic E-state index is 5.91. The molecule has 0 bridgehead atoms. The van der Waals surface area contributed by atoms with Crippen molar-refractivity contribution >= 4 is 11.6 Å². The topological polar surface area (TPSA) is 21.3 Å². The summed E-state index contributed by atoms with van der Waals surface area (Å²) in [6, 6.07) is 8.42. The van der Waals surface area contributed by atoms with Crippen LogP contribution in [0.2, 0.25) is 5.02 Å². The molecule has 3 heteroatoms. The zero-order chi connectivity index (χ0) is 11.1. The Balaban J connectivity index is 2.41. The van der Waals surface area contributed by atoms with E-state index in [1.54, 1.807) is 7.11 Å². The summed E-state index contributed by atoms with van der Waals surface area (Å²) in [5.41, 5.74) is 1.28. The zero-order valence-electron chi connectivity index (χ0n) is 9.29. The highest BCUT2D eigenvalue weighted by Crippen LogP contribution is 2.12. The normalized spacial score (nSPS) is 12.7. The molecule has 0 spiro atoms. The monoisotopic (exact) mass is 227 g/mol. The minimum Gasteiger partial charge on any atom is -0.383 e. The van der Waals surface area contributed by atoms with Gasteiger partial charge in [0.05, 0.1) is 6.61 Å². The van der Waals surface area contributed by atoms with E-state index in [9.17, 15) is 0 Å². The number of rotatable bonds is 6. The number of likely N-dealkylation sites (N-methyl/N-ethyl adjacent to an activating group) is 1. The molecule has 2 nitrogen and oxygen atoms in total. The van der Waals surface area contributed by atoms with Crippen molar-refractivity contribution < 1.29 is 4.74 Å². The molecule has 0 saturated carbocycles. The first-order valence-electron chi connectivity index (χ1n) is 5.17. The minimum absolute atomic E-state index is 0.411. The van der Waals surface area contributed by atoms with E-state index in [1.165, 1.54) is 5.56 Å². The van der Waals surface area contributed by atoms with Crippen LogP contribution in [0.3, 0.4) is 0 Å². The summed E-state index contributed by atoms with van der Waals surface area (Å²) in [5.74, 6) is 0. The SMILES string of the molecule is CNC(CCc1cccc(Cl)c1)COC. The number of hydrogen-bond acceptors (Lipinski definition) is 2. The molecule has 1 N–H and O–H groups in total. The highest BCUT2D eigenvalue weighted by Gasteiger charge is 2.05. The van der Waals surface area contributed by atoms with Crippen LogP contribution in [0.15, 0.2) is 24.3 Å². The van der Waals surface area contributed by atoms with E-state index in [1.807, 2.05) is 25.2 Å². The molecule has 0 amide bonds. The molecule has 1 aromatic carbocycles. The Hall–Kier alpha value is -0.570. The Kier molecular flexibility index (Phi) is 5.69. The van der Waals surface area contributed by atoms with Crippen LogP contribution in [-0.4, -0.2) is 26.8 Å². The summed E-state index contributed by atoms with van der Waals surface area (Å²) in [5, 5.41) is 4.04. The van der Waals surface area contributed by atoms with Gasteiger partial charge in [-0.05, 0) is 37.6 Å². The zero-order valence-corrected chi connectivity index (χ0v) is 10.1. The van der Waals surface area contributed by atoms with Gasteiger partial charge >= 0.3 is 0 Å². The molecule has 0 saturated heterocycles. The van der Waals surface area contributed by atoms with Crippen molar-refractivity contribution in [2.24, 2.45) is 0 Å². The summed E-state index contributed by atoms with van der Waals surface area (Å²) in [7, 11) is 3.69. The summed E-state index contributed by atoms with van der Waals surface area (Å²) in [4.78, 5) is 0. The van der Waals surface area contributed by atoms with E-state index in [0.717, 1.165) is 24.5 Å². The van der Waals surface area contributed by atoms with Crippen LogP contribution < -0.4 is 5.32 Å². The van der Waals surface area contributed by atoms with Gasteiger partial charge in [0, 0.05) is 18.2 Å². The van der Waals surface area contributed by atoms with E-state index in [0.29, 0.717) is 6.04 Å². The number of ether oxygens (including phenoxy) is 1. The van der Waals surface area contributed by atoms with Gasteiger partial charge in [0.25, 0.3) is 0 Å². The van der Waals surface area contributed by atoms with Crippen molar-refractivity contribution in [2.75, 3.05) is 20.8 Å². The van der Waals surface area contributed by atoms with Crippen molar-refractivity contribution in [3.8, 4) is 0 Å². The Bertz CT molecular complexity index is 291. The molecule has 0 heterocycles. The fourth-order valence-corrected chi connectivity index (χ4v) is 1.76. The van der Waals surface area contributed by atoms with Crippen molar-refractivity contribution in [1.29, 1.82) is 0 Å². The lowest BCUT2D eigenvalue weighted by atomic mass is 10.1. The Morgan fingerprint density at radius 3 is 2.87 bits per heavy atom. The number of halogens is 1. The molecule has 1 unspecified atom stereocenters. The third-order valence-corrected chi connectivity index (χ3v) is 2.68. The first kappa shape index (κ1) is 12.5. The standard InChI is InChI=1S/C12H18ClNO/c1-14-12(9-15-2)7-6-10-4-3-5-11(13)8-10/h3-5,8,12,14H,6-7,9H2,1-2H3. The second kappa shape index (κ2) is 6.83. The highest BCUT2D eigenvalue weighted by atomic mass is 35.5. The smallest absolute Gasteiger partial charge is 0.0615 e. The molecule has 0 radical (unpaired) electrons. The van der Waals surface area contributed by atoms with Crippen molar-refractivity contribution in [1.82, 2.24) is 5.32 Å². The van der Waals surface area contributed by atoms with E-state index in [2.05, 4.69) is 11.4 Å². The van der Waals surface area contributed by atoms with E-state index in [4.69, 9.17) is 16.3 Å². The maximum Gasteiger partial charge on any atom is 0.0615 e. The predicted octanol–water partition coefficient (Wildman–Crippen LogP) is 2.51. The molecule has 84 valence electrons. The van der Waals surface area contributed by atoms with Crippen molar-refractivity contribution in [3.63, 3.8) is 0 Å². The molecule has 1 atom stereocenters. The molecule has 0 aliphatic rings. The molecular formula is C12H18ClNO. The van der Waals surface area contributed by atoms with Gasteiger partial charge in [0.2, 0.25) is 0 Å². The van der Waals surface area contributed by atoms with Crippen LogP contribution in [0.5, 0.6) is 0 Å². The average molecular weight is 228 g/mol. The lowest BCUT2D eigenvalue weighted by Crippen LogP contribution is -2.30. The molecule has 0 aliphatic heterocycles. The molecule has 0 aromatic heterocycles. The first-order chi connectivity index (χ1) is 7.26. The van der Waals surface area contributed by atoms with Gasteiger partial charge in [0.15, 0.2) is 0 Å². The van der Waals surface area contributed by atoms with Crippen LogP contribution in [0.1, 0.15) is 12.0 Å². The minimum atomic E-state index is 0.411. The second-order valence-electron chi connectivity index (χ2n) is 3.61. The van der Waals surface area contributed by atoms with Gasteiger partial charge in [-0.15, -0.1) is 0 Å². The number of methoxy groups -OCH3 is 1. The Labute approximate surface area is 96.6 Å². The highest BCUT2D eigenvalue weighted by molar-refractivity contribution is 6.30.